The van der Waals surface area contributed by atoms with Gasteiger partial charge in [0.1, 0.15) is 0 Å². The van der Waals surface area contributed by atoms with Crippen LogP contribution in [0.1, 0.15) is 17.7 Å². The third-order valence-corrected chi connectivity index (χ3v) is 4.42. The second-order valence-corrected chi connectivity index (χ2v) is 5.75. The Hall–Kier alpha value is -0.610. The van der Waals surface area contributed by atoms with Crippen molar-refractivity contribution in [3.63, 3.8) is 0 Å². The third kappa shape index (κ3) is 1.39. The highest BCUT2D eigenvalue weighted by molar-refractivity contribution is 9.11. The van der Waals surface area contributed by atoms with Gasteiger partial charge < -0.3 is 4.98 Å². The summed E-state index contributed by atoms with van der Waals surface area (Å²) in [6.45, 7) is 0. The average molecular weight is 343 g/mol. The second-order valence-electron chi connectivity index (χ2n) is 4.04. The van der Waals surface area contributed by atoms with Crippen LogP contribution in [0.5, 0.6) is 0 Å². The molecule has 0 radical (unpaired) electrons. The molecule has 0 atom stereocenters. The number of benzene rings is 1. The van der Waals surface area contributed by atoms with Crippen LogP contribution in [0.2, 0.25) is 0 Å². The summed E-state index contributed by atoms with van der Waals surface area (Å²) in [6.07, 6.45) is 2.96. The third-order valence-electron chi connectivity index (χ3n) is 3.10. The van der Waals surface area contributed by atoms with Crippen LogP contribution in [-0.4, -0.2) is 4.98 Å². The number of H-pyrrole nitrogens is 1. The molecule has 1 heterocycles. The number of aromatic amines is 1. The van der Waals surface area contributed by atoms with Crippen LogP contribution in [0.4, 0.5) is 0 Å². The number of rotatable bonds is 0. The highest BCUT2D eigenvalue weighted by atomic mass is 79.9. The van der Waals surface area contributed by atoms with Gasteiger partial charge in [0.05, 0.1) is 10.9 Å². The maximum absolute atomic E-state index is 12.3. The van der Waals surface area contributed by atoms with Gasteiger partial charge in [-0.2, -0.15) is 0 Å². The molecule has 4 heteroatoms. The van der Waals surface area contributed by atoms with Crippen molar-refractivity contribution in [3.05, 3.63) is 42.6 Å². The van der Waals surface area contributed by atoms with E-state index in [2.05, 4.69) is 36.8 Å². The zero-order valence-electron chi connectivity index (χ0n) is 8.44. The number of hydrogen-bond acceptors (Lipinski definition) is 1. The molecule has 82 valence electrons. The van der Waals surface area contributed by atoms with Crippen LogP contribution in [-0.2, 0) is 12.8 Å². The van der Waals surface area contributed by atoms with Crippen molar-refractivity contribution >= 4 is 42.8 Å². The van der Waals surface area contributed by atoms with E-state index in [4.69, 9.17) is 0 Å². The van der Waals surface area contributed by atoms with Crippen molar-refractivity contribution < 1.29 is 0 Å². The van der Waals surface area contributed by atoms with Crippen molar-refractivity contribution in [2.24, 2.45) is 0 Å². The van der Waals surface area contributed by atoms with Gasteiger partial charge in [0, 0.05) is 20.2 Å². The van der Waals surface area contributed by atoms with Gasteiger partial charge in [-0.25, -0.2) is 0 Å². The van der Waals surface area contributed by atoms with E-state index in [1.165, 1.54) is 0 Å². The lowest BCUT2D eigenvalue weighted by Crippen LogP contribution is -2.11. The minimum absolute atomic E-state index is 0.175. The topological polar surface area (TPSA) is 32.9 Å². The maximum atomic E-state index is 12.3. The molecule has 1 aromatic carbocycles. The first kappa shape index (κ1) is 10.5. The molecule has 0 unspecified atom stereocenters. The summed E-state index contributed by atoms with van der Waals surface area (Å²) in [4.78, 5) is 15.7. The first-order chi connectivity index (χ1) is 7.68. The largest absolute Gasteiger partial charge is 0.357 e. The van der Waals surface area contributed by atoms with Gasteiger partial charge >= 0.3 is 0 Å². The van der Waals surface area contributed by atoms with Crippen LogP contribution in [0, 0.1) is 0 Å². The van der Waals surface area contributed by atoms with E-state index in [0.29, 0.717) is 0 Å². The number of fused-ring (bicyclic) bond motifs is 2. The van der Waals surface area contributed by atoms with Gasteiger partial charge in [0.15, 0.2) is 5.43 Å². The summed E-state index contributed by atoms with van der Waals surface area (Å²) in [5, 5.41) is 0.759. The molecule has 1 N–H and O–H groups in total. The highest BCUT2D eigenvalue weighted by Crippen LogP contribution is 2.29. The smallest absolute Gasteiger partial charge is 0.194 e. The van der Waals surface area contributed by atoms with E-state index in [0.717, 1.165) is 50.4 Å². The lowest BCUT2D eigenvalue weighted by molar-refractivity contribution is 0.900. The molecule has 0 bridgehead atoms. The van der Waals surface area contributed by atoms with Crippen molar-refractivity contribution in [3.8, 4) is 0 Å². The zero-order chi connectivity index (χ0) is 11.3. The number of hydrogen-bond donors (Lipinski definition) is 1. The zero-order valence-corrected chi connectivity index (χ0v) is 11.6. The monoisotopic (exact) mass is 341 g/mol. The Bertz CT molecular complexity index is 645. The summed E-state index contributed by atoms with van der Waals surface area (Å²) < 4.78 is 1.80. The van der Waals surface area contributed by atoms with Crippen molar-refractivity contribution in [2.45, 2.75) is 19.3 Å². The van der Waals surface area contributed by atoms with Crippen molar-refractivity contribution in [1.82, 2.24) is 4.98 Å². The van der Waals surface area contributed by atoms with Crippen molar-refractivity contribution in [2.75, 3.05) is 0 Å². The minimum atomic E-state index is 0.175. The summed E-state index contributed by atoms with van der Waals surface area (Å²) in [7, 11) is 0. The summed E-state index contributed by atoms with van der Waals surface area (Å²) in [5.74, 6) is 0. The molecule has 0 aliphatic heterocycles. The average Bonchev–Trinajstić information content (AvgIpc) is 2.72. The molecular formula is C12H9Br2NO. The molecule has 3 rings (SSSR count). The van der Waals surface area contributed by atoms with Crippen LogP contribution in [0.25, 0.3) is 10.9 Å². The Balaban J connectivity index is 2.56. The SMILES string of the molecule is O=c1c2c([nH]c3c(Br)ccc(Br)c13)CCC2. The van der Waals surface area contributed by atoms with E-state index >= 15 is 0 Å². The van der Waals surface area contributed by atoms with Gasteiger partial charge in [-0.15, -0.1) is 0 Å². The van der Waals surface area contributed by atoms with Crippen LogP contribution >= 0.6 is 31.9 Å². The fourth-order valence-electron chi connectivity index (χ4n) is 2.33. The van der Waals surface area contributed by atoms with E-state index in [1.54, 1.807) is 0 Å². The van der Waals surface area contributed by atoms with Gasteiger partial charge in [0.25, 0.3) is 0 Å². The van der Waals surface area contributed by atoms with E-state index < -0.39 is 0 Å². The Labute approximate surface area is 109 Å². The normalized spacial score (nSPS) is 14.4. The molecule has 2 aromatic rings. The molecular weight excluding hydrogens is 334 g/mol. The Morgan fingerprint density at radius 2 is 1.88 bits per heavy atom. The fourth-order valence-corrected chi connectivity index (χ4v) is 3.27. The molecule has 16 heavy (non-hydrogen) atoms. The van der Waals surface area contributed by atoms with Crippen LogP contribution < -0.4 is 5.43 Å². The number of nitrogens with one attached hydrogen (secondary N) is 1. The molecule has 0 spiro atoms. The molecule has 0 saturated carbocycles. The first-order valence-corrected chi connectivity index (χ1v) is 6.79. The van der Waals surface area contributed by atoms with Gasteiger partial charge in [-0.1, -0.05) is 0 Å². The summed E-state index contributed by atoms with van der Waals surface area (Å²) in [6, 6.07) is 3.85. The van der Waals surface area contributed by atoms with E-state index in [1.807, 2.05) is 12.1 Å². The number of halogens is 2. The predicted molar refractivity (Wildman–Crippen MR) is 72.0 cm³/mol. The standard InChI is InChI=1S/C12H9Br2NO/c13-7-4-5-8(14)11-10(7)12(16)6-2-1-3-9(6)15-11/h4-5H,1-3H2,(H,15,16). The number of pyridine rings is 1. The van der Waals surface area contributed by atoms with Gasteiger partial charge in [-0.05, 0) is 63.3 Å². The summed E-state index contributed by atoms with van der Waals surface area (Å²) >= 11 is 6.93. The molecule has 1 aromatic heterocycles. The van der Waals surface area contributed by atoms with E-state index in [9.17, 15) is 4.79 Å². The first-order valence-electron chi connectivity index (χ1n) is 5.20. The van der Waals surface area contributed by atoms with Gasteiger partial charge in [0.2, 0.25) is 0 Å². The van der Waals surface area contributed by atoms with Crippen molar-refractivity contribution in [1.29, 1.82) is 0 Å². The minimum Gasteiger partial charge on any atom is -0.357 e. The molecule has 2 nitrogen and oxygen atoms in total. The van der Waals surface area contributed by atoms with Crippen LogP contribution in [0.3, 0.4) is 0 Å². The Morgan fingerprint density at radius 3 is 2.69 bits per heavy atom. The van der Waals surface area contributed by atoms with E-state index in [-0.39, 0.29) is 5.43 Å². The fraction of sp³-hybridized carbons (Fsp3) is 0.250. The van der Waals surface area contributed by atoms with Crippen LogP contribution in [0.15, 0.2) is 25.9 Å². The molecule has 0 fully saturated rings. The highest BCUT2D eigenvalue weighted by Gasteiger charge is 2.19. The lowest BCUT2D eigenvalue weighted by Gasteiger charge is -2.07. The number of aromatic nitrogens is 1. The maximum Gasteiger partial charge on any atom is 0.194 e. The molecule has 0 saturated heterocycles. The molecule has 1 aliphatic carbocycles. The summed E-state index contributed by atoms with van der Waals surface area (Å²) in [5.41, 5.74) is 3.15. The Morgan fingerprint density at radius 1 is 1.12 bits per heavy atom. The van der Waals surface area contributed by atoms with Gasteiger partial charge in [-0.3, -0.25) is 4.79 Å². The molecule has 1 aliphatic rings. The predicted octanol–water partition coefficient (Wildman–Crippen LogP) is 3.54. The second kappa shape index (κ2) is 3.70. The molecule has 0 amide bonds. The Kier molecular flexibility index (Phi) is 2.44. The number of aryl methyl sites for hydroxylation is 1. The lowest BCUT2D eigenvalue weighted by atomic mass is 10.1. The quantitative estimate of drug-likeness (QED) is 0.780.